The number of aromatic nitrogens is 3. The lowest BCUT2D eigenvalue weighted by atomic mass is 9.89. The zero-order valence-corrected chi connectivity index (χ0v) is 16.8. The second-order valence-electron chi connectivity index (χ2n) is 7.74. The Labute approximate surface area is 176 Å². The Morgan fingerprint density at radius 3 is 2.81 bits per heavy atom. The van der Waals surface area contributed by atoms with E-state index in [1.807, 2.05) is 6.92 Å². The summed E-state index contributed by atoms with van der Waals surface area (Å²) >= 11 is 0. The van der Waals surface area contributed by atoms with Crippen LogP contribution >= 0.6 is 0 Å². The number of fused-ring (bicyclic) bond motifs is 1. The third-order valence-electron chi connectivity index (χ3n) is 5.50. The lowest BCUT2D eigenvalue weighted by Crippen LogP contribution is -2.46. The Morgan fingerprint density at radius 1 is 1.23 bits per heavy atom. The van der Waals surface area contributed by atoms with Crippen LogP contribution in [0.25, 0.3) is 10.9 Å². The fourth-order valence-corrected chi connectivity index (χ4v) is 3.92. The van der Waals surface area contributed by atoms with Gasteiger partial charge in [0.2, 0.25) is 5.91 Å². The zero-order valence-electron chi connectivity index (χ0n) is 16.8. The molecule has 0 aliphatic carbocycles. The number of nitrogens with zero attached hydrogens (tertiary/aromatic N) is 3. The van der Waals surface area contributed by atoms with Crippen molar-refractivity contribution in [3.05, 3.63) is 53.7 Å². The molecule has 0 spiro atoms. The predicted molar refractivity (Wildman–Crippen MR) is 110 cm³/mol. The molecule has 2 aromatic heterocycles. The van der Waals surface area contributed by atoms with E-state index in [9.17, 15) is 14.4 Å². The topological polar surface area (TPSA) is 134 Å². The van der Waals surface area contributed by atoms with Gasteiger partial charge in [0.25, 0.3) is 0 Å². The SMILES string of the molecule is CC1CCC(c2ccc3[nH]ncc3c2F)N(C(=O)C(=O)Nc2cncc(C(N)=O)c2)C1. The number of carbonyl (C=O) groups is 3. The second-order valence-corrected chi connectivity index (χ2v) is 7.74. The van der Waals surface area contributed by atoms with Crippen molar-refractivity contribution in [3.63, 3.8) is 0 Å². The number of rotatable bonds is 3. The molecule has 31 heavy (non-hydrogen) atoms. The average molecular weight is 424 g/mol. The number of H-pyrrole nitrogens is 1. The van der Waals surface area contributed by atoms with E-state index in [4.69, 9.17) is 5.73 Å². The third kappa shape index (κ3) is 3.96. The number of hydrogen-bond acceptors (Lipinski definition) is 5. The van der Waals surface area contributed by atoms with Crippen LogP contribution in [0.1, 0.15) is 41.7 Å². The summed E-state index contributed by atoms with van der Waals surface area (Å²) < 4.78 is 15.1. The van der Waals surface area contributed by atoms with Gasteiger partial charge in [0, 0.05) is 18.3 Å². The molecule has 1 aliphatic heterocycles. The first-order valence-electron chi connectivity index (χ1n) is 9.83. The van der Waals surface area contributed by atoms with Crippen LogP contribution in [-0.2, 0) is 9.59 Å². The van der Waals surface area contributed by atoms with Crippen LogP contribution in [0, 0.1) is 11.7 Å². The highest BCUT2D eigenvalue weighted by Crippen LogP contribution is 2.36. The van der Waals surface area contributed by atoms with E-state index < -0.39 is 29.6 Å². The molecular weight excluding hydrogens is 403 g/mol. The monoisotopic (exact) mass is 424 g/mol. The number of amides is 3. The Bertz CT molecular complexity index is 1180. The molecule has 1 fully saturated rings. The summed E-state index contributed by atoms with van der Waals surface area (Å²) in [5, 5.41) is 9.36. The number of primary amides is 1. The van der Waals surface area contributed by atoms with Gasteiger partial charge in [-0.25, -0.2) is 4.39 Å². The molecule has 0 saturated carbocycles. The van der Waals surface area contributed by atoms with Crippen LogP contribution in [0.2, 0.25) is 0 Å². The summed E-state index contributed by atoms with van der Waals surface area (Å²) in [5.74, 6) is -2.68. The minimum absolute atomic E-state index is 0.102. The maximum atomic E-state index is 15.1. The molecule has 1 aromatic carbocycles. The molecular formula is C21H21FN6O3. The first-order chi connectivity index (χ1) is 14.8. The molecule has 3 heterocycles. The van der Waals surface area contributed by atoms with Gasteiger partial charge in [0.1, 0.15) is 5.82 Å². The van der Waals surface area contributed by atoms with Crippen molar-refractivity contribution >= 4 is 34.3 Å². The number of aromatic amines is 1. The lowest BCUT2D eigenvalue weighted by molar-refractivity contribution is -0.146. The van der Waals surface area contributed by atoms with E-state index in [1.54, 1.807) is 12.1 Å². The Hall–Kier alpha value is -3.82. The summed E-state index contributed by atoms with van der Waals surface area (Å²) in [6.07, 6.45) is 5.29. The highest BCUT2D eigenvalue weighted by atomic mass is 19.1. The zero-order chi connectivity index (χ0) is 22.1. The molecule has 160 valence electrons. The van der Waals surface area contributed by atoms with Crippen molar-refractivity contribution in [2.24, 2.45) is 11.7 Å². The van der Waals surface area contributed by atoms with Crippen LogP contribution < -0.4 is 11.1 Å². The van der Waals surface area contributed by atoms with E-state index in [-0.39, 0.29) is 17.2 Å². The summed E-state index contributed by atoms with van der Waals surface area (Å²) in [7, 11) is 0. The molecule has 0 radical (unpaired) electrons. The van der Waals surface area contributed by atoms with E-state index >= 15 is 4.39 Å². The lowest BCUT2D eigenvalue weighted by Gasteiger charge is -2.38. The van der Waals surface area contributed by atoms with Crippen molar-refractivity contribution < 1.29 is 18.8 Å². The Kier molecular flexibility index (Phi) is 5.37. The number of hydrogen-bond donors (Lipinski definition) is 3. The summed E-state index contributed by atoms with van der Waals surface area (Å²) in [4.78, 5) is 42.3. The molecule has 1 aliphatic rings. The van der Waals surface area contributed by atoms with Gasteiger partial charge < -0.3 is 16.0 Å². The molecule has 3 amide bonds. The molecule has 2 unspecified atom stereocenters. The highest BCUT2D eigenvalue weighted by molar-refractivity contribution is 6.39. The molecule has 2 atom stereocenters. The van der Waals surface area contributed by atoms with Gasteiger partial charge in [-0.15, -0.1) is 0 Å². The minimum atomic E-state index is -0.896. The molecule has 0 bridgehead atoms. The van der Waals surface area contributed by atoms with Crippen molar-refractivity contribution in [3.8, 4) is 0 Å². The Morgan fingerprint density at radius 2 is 2.03 bits per heavy atom. The number of benzene rings is 1. The summed E-state index contributed by atoms with van der Waals surface area (Å²) in [6.45, 7) is 2.30. The highest BCUT2D eigenvalue weighted by Gasteiger charge is 2.36. The number of likely N-dealkylation sites (tertiary alicyclic amines) is 1. The van der Waals surface area contributed by atoms with Crippen molar-refractivity contribution in [2.45, 2.75) is 25.8 Å². The molecule has 9 nitrogen and oxygen atoms in total. The van der Waals surface area contributed by atoms with Gasteiger partial charge in [-0.1, -0.05) is 13.0 Å². The number of piperidine rings is 1. The predicted octanol–water partition coefficient (Wildman–Crippen LogP) is 2.13. The standard InChI is InChI=1S/C21H21FN6O3/c1-11-2-5-17(14-3-4-16-15(18(14)22)9-25-27-16)28(10-11)21(31)20(30)26-13-6-12(19(23)29)7-24-8-13/h3-4,6-9,11,17H,2,5,10H2,1H3,(H2,23,29)(H,25,27)(H,26,30). The van der Waals surface area contributed by atoms with Crippen molar-refractivity contribution in [1.82, 2.24) is 20.1 Å². The summed E-state index contributed by atoms with van der Waals surface area (Å²) in [5.41, 5.74) is 6.40. The van der Waals surface area contributed by atoms with Crippen LogP contribution in [-0.4, -0.2) is 44.3 Å². The first-order valence-corrected chi connectivity index (χ1v) is 9.83. The van der Waals surface area contributed by atoms with Gasteiger partial charge in [-0.3, -0.25) is 24.5 Å². The first kappa shape index (κ1) is 20.5. The van der Waals surface area contributed by atoms with Gasteiger partial charge >= 0.3 is 11.8 Å². The Balaban J connectivity index is 1.60. The fraction of sp³-hybridized carbons (Fsp3) is 0.286. The normalized spacial score (nSPS) is 18.7. The number of nitrogens with two attached hydrogens (primary N) is 1. The second kappa shape index (κ2) is 8.13. The van der Waals surface area contributed by atoms with Crippen LogP contribution in [0.5, 0.6) is 0 Å². The number of pyridine rings is 1. The van der Waals surface area contributed by atoms with Gasteiger partial charge in [-0.2, -0.15) is 5.10 Å². The summed E-state index contributed by atoms with van der Waals surface area (Å²) in [6, 6.07) is 4.09. The van der Waals surface area contributed by atoms with Gasteiger partial charge in [0.05, 0.1) is 40.6 Å². The molecule has 4 rings (SSSR count). The van der Waals surface area contributed by atoms with E-state index in [0.717, 1.165) is 6.42 Å². The number of anilines is 1. The smallest absolute Gasteiger partial charge is 0.313 e. The van der Waals surface area contributed by atoms with Crippen molar-refractivity contribution in [1.29, 1.82) is 0 Å². The van der Waals surface area contributed by atoms with Crippen molar-refractivity contribution in [2.75, 3.05) is 11.9 Å². The quantitative estimate of drug-likeness (QED) is 0.554. The largest absolute Gasteiger partial charge is 0.366 e. The van der Waals surface area contributed by atoms with Gasteiger partial charge in [-0.05, 0) is 30.9 Å². The number of carbonyl (C=O) groups excluding carboxylic acids is 3. The third-order valence-corrected chi connectivity index (χ3v) is 5.50. The average Bonchev–Trinajstić information content (AvgIpc) is 3.24. The minimum Gasteiger partial charge on any atom is -0.366 e. The number of halogens is 1. The maximum absolute atomic E-state index is 15.1. The number of nitrogens with one attached hydrogen (secondary N) is 2. The van der Waals surface area contributed by atoms with Crippen LogP contribution in [0.4, 0.5) is 10.1 Å². The van der Waals surface area contributed by atoms with Crippen LogP contribution in [0.3, 0.4) is 0 Å². The molecule has 4 N–H and O–H groups in total. The van der Waals surface area contributed by atoms with Gasteiger partial charge in [0.15, 0.2) is 0 Å². The fourth-order valence-electron chi connectivity index (χ4n) is 3.92. The van der Waals surface area contributed by atoms with Crippen LogP contribution in [0.15, 0.2) is 36.8 Å². The maximum Gasteiger partial charge on any atom is 0.313 e. The van der Waals surface area contributed by atoms with E-state index in [0.29, 0.717) is 29.4 Å². The van der Waals surface area contributed by atoms with E-state index in [2.05, 4.69) is 20.5 Å². The molecule has 10 heteroatoms. The molecule has 3 aromatic rings. The molecule has 1 saturated heterocycles. The van der Waals surface area contributed by atoms with E-state index in [1.165, 1.54) is 29.6 Å².